The minimum atomic E-state index is -0.740. The first kappa shape index (κ1) is 21.5. The van der Waals surface area contributed by atoms with Gasteiger partial charge in [0.15, 0.2) is 5.82 Å². The Morgan fingerprint density at radius 2 is 2.00 bits per heavy atom. The number of aryl methyl sites for hydroxylation is 2. The summed E-state index contributed by atoms with van der Waals surface area (Å²) in [7, 11) is 0. The number of carbonyl (C=O) groups excluding carboxylic acids is 1. The van der Waals surface area contributed by atoms with Crippen LogP contribution in [0.25, 0.3) is 5.57 Å². The molecular formula is C21H23ClFN5O3. The fourth-order valence-electron chi connectivity index (χ4n) is 3.71. The molecular weight excluding hydrogens is 425 g/mol. The Hall–Kier alpha value is -2.75. The topological polar surface area (TPSA) is 114 Å². The molecule has 2 aromatic rings. The summed E-state index contributed by atoms with van der Waals surface area (Å²) >= 11 is 6.16. The molecule has 4 N–H and O–H groups in total. The Labute approximate surface area is 183 Å². The van der Waals surface area contributed by atoms with Crippen LogP contribution in [-0.2, 0) is 0 Å². The second-order valence-corrected chi connectivity index (χ2v) is 8.10. The lowest BCUT2D eigenvalue weighted by molar-refractivity contribution is 0.0686. The zero-order valence-corrected chi connectivity index (χ0v) is 17.9. The van der Waals surface area contributed by atoms with Gasteiger partial charge in [-0.05, 0) is 26.0 Å². The smallest absolute Gasteiger partial charge is 0.258 e. The van der Waals surface area contributed by atoms with Gasteiger partial charge in [0.25, 0.3) is 5.91 Å². The summed E-state index contributed by atoms with van der Waals surface area (Å²) in [5.41, 5.74) is 8.80. The number of aliphatic hydroxyl groups excluding tert-OH is 1. The normalized spacial score (nSPS) is 21.1. The van der Waals surface area contributed by atoms with Crippen LogP contribution in [-0.4, -0.2) is 64.3 Å². The molecule has 2 aliphatic rings. The maximum atomic E-state index is 13.9. The Morgan fingerprint density at radius 1 is 1.29 bits per heavy atom. The Kier molecular flexibility index (Phi) is 5.83. The summed E-state index contributed by atoms with van der Waals surface area (Å²) in [6.07, 6.45) is -1.31. The average Bonchev–Trinajstić information content (AvgIpc) is 3.31. The molecule has 2 atom stereocenters. The van der Waals surface area contributed by atoms with Gasteiger partial charge in [-0.25, -0.2) is 14.4 Å². The number of hydrogen-bond donors (Lipinski definition) is 3. The summed E-state index contributed by atoms with van der Waals surface area (Å²) in [4.78, 5) is 23.6. The Morgan fingerprint density at radius 3 is 2.65 bits per heavy atom. The number of rotatable bonds is 4. The maximum absolute atomic E-state index is 13.9. The largest absolute Gasteiger partial charge is 0.485 e. The average molecular weight is 448 g/mol. The van der Waals surface area contributed by atoms with Crippen LogP contribution in [0.1, 0.15) is 27.6 Å². The summed E-state index contributed by atoms with van der Waals surface area (Å²) in [6, 6.07) is 3.73. The van der Waals surface area contributed by atoms with Gasteiger partial charge in [0.2, 0.25) is 0 Å². The maximum Gasteiger partial charge on any atom is 0.258 e. The van der Waals surface area contributed by atoms with Crippen molar-refractivity contribution in [2.45, 2.75) is 26.1 Å². The highest BCUT2D eigenvalue weighted by Crippen LogP contribution is 2.29. The summed E-state index contributed by atoms with van der Waals surface area (Å²) in [5.74, 6) is -0.384. The van der Waals surface area contributed by atoms with Crippen LogP contribution in [0.4, 0.5) is 4.39 Å². The van der Waals surface area contributed by atoms with Crippen LogP contribution >= 0.6 is 11.6 Å². The second kappa shape index (κ2) is 8.41. The number of aromatic nitrogens is 2. The van der Waals surface area contributed by atoms with Crippen molar-refractivity contribution in [3.8, 4) is 5.75 Å². The molecule has 1 fully saturated rings. The molecule has 1 aromatic carbocycles. The van der Waals surface area contributed by atoms with E-state index in [1.54, 1.807) is 13.8 Å². The SMILES string of the molecule is Cc1nc(C2=C(N)CN(C(=O)c3ccc(F)cc3OC3CNCC3O)C2)nc(C)c1Cl. The minimum absolute atomic E-state index is 0.0826. The summed E-state index contributed by atoms with van der Waals surface area (Å²) in [5, 5.41) is 13.5. The van der Waals surface area contributed by atoms with E-state index < -0.39 is 18.0 Å². The molecule has 2 aliphatic heterocycles. The van der Waals surface area contributed by atoms with Gasteiger partial charge in [0, 0.05) is 30.4 Å². The molecule has 0 radical (unpaired) electrons. The molecule has 0 bridgehead atoms. The van der Waals surface area contributed by atoms with Crippen molar-refractivity contribution in [3.05, 3.63) is 57.5 Å². The molecule has 1 saturated heterocycles. The quantitative estimate of drug-likeness (QED) is 0.649. The second-order valence-electron chi connectivity index (χ2n) is 7.72. The standard InChI is InChI=1S/C21H23ClFN5O3/c1-10-19(22)11(2)27-20(26-10)14-8-28(9-15(14)24)21(30)13-4-3-12(23)5-17(13)31-18-7-25-6-16(18)29/h3-5,16,18,25,29H,6-9,24H2,1-2H3. The summed E-state index contributed by atoms with van der Waals surface area (Å²) in [6.45, 7) is 4.73. The van der Waals surface area contributed by atoms with Crippen molar-refractivity contribution in [2.75, 3.05) is 26.2 Å². The highest BCUT2D eigenvalue weighted by Gasteiger charge is 2.32. The Balaban J connectivity index is 1.57. The third kappa shape index (κ3) is 4.21. The van der Waals surface area contributed by atoms with E-state index in [0.717, 1.165) is 6.07 Å². The number of hydrogen-bond acceptors (Lipinski definition) is 7. The number of amides is 1. The minimum Gasteiger partial charge on any atom is -0.485 e. The summed E-state index contributed by atoms with van der Waals surface area (Å²) < 4.78 is 19.7. The molecule has 164 valence electrons. The molecule has 8 nitrogen and oxygen atoms in total. The first-order valence-corrected chi connectivity index (χ1v) is 10.2. The van der Waals surface area contributed by atoms with Crippen molar-refractivity contribution < 1.29 is 19.0 Å². The lowest BCUT2D eigenvalue weighted by Crippen LogP contribution is -2.33. The fourth-order valence-corrected chi connectivity index (χ4v) is 3.79. The first-order valence-electron chi connectivity index (χ1n) is 9.87. The monoisotopic (exact) mass is 447 g/mol. The third-order valence-electron chi connectivity index (χ3n) is 5.42. The molecule has 31 heavy (non-hydrogen) atoms. The number of nitrogens with two attached hydrogens (primary N) is 1. The van der Waals surface area contributed by atoms with Crippen LogP contribution in [0.15, 0.2) is 23.9 Å². The molecule has 0 spiro atoms. The molecule has 10 heteroatoms. The Bertz CT molecular complexity index is 1050. The fraction of sp³-hybridized carbons (Fsp3) is 0.381. The van der Waals surface area contributed by atoms with E-state index in [2.05, 4.69) is 15.3 Å². The number of ether oxygens (including phenoxy) is 1. The van der Waals surface area contributed by atoms with Crippen LogP contribution in [0.3, 0.4) is 0 Å². The third-order valence-corrected chi connectivity index (χ3v) is 5.97. The van der Waals surface area contributed by atoms with E-state index in [4.69, 9.17) is 22.1 Å². The van der Waals surface area contributed by atoms with E-state index in [1.165, 1.54) is 17.0 Å². The number of β-amino-alcohol motifs (C(OH)–C–C–N with tert-alkyl or cyclic N) is 1. The van der Waals surface area contributed by atoms with E-state index in [0.29, 0.717) is 46.6 Å². The zero-order chi connectivity index (χ0) is 22.3. The molecule has 3 heterocycles. The van der Waals surface area contributed by atoms with Gasteiger partial charge in [-0.1, -0.05) is 11.6 Å². The van der Waals surface area contributed by atoms with Crippen LogP contribution in [0.5, 0.6) is 5.75 Å². The van der Waals surface area contributed by atoms with Gasteiger partial charge in [0.1, 0.15) is 23.8 Å². The van der Waals surface area contributed by atoms with E-state index in [-0.39, 0.29) is 30.3 Å². The number of benzene rings is 1. The van der Waals surface area contributed by atoms with Crippen LogP contribution < -0.4 is 15.8 Å². The van der Waals surface area contributed by atoms with Gasteiger partial charge in [0.05, 0.1) is 35.1 Å². The number of nitrogens with zero attached hydrogens (tertiary/aromatic N) is 3. The highest BCUT2D eigenvalue weighted by atomic mass is 35.5. The van der Waals surface area contributed by atoms with Crippen molar-refractivity contribution >= 4 is 23.1 Å². The molecule has 0 saturated carbocycles. The van der Waals surface area contributed by atoms with Crippen LogP contribution in [0, 0.1) is 19.7 Å². The number of aliphatic hydroxyl groups is 1. The van der Waals surface area contributed by atoms with Gasteiger partial charge >= 0.3 is 0 Å². The predicted octanol–water partition coefficient (Wildman–Crippen LogP) is 1.42. The van der Waals surface area contributed by atoms with Gasteiger partial charge in [-0.15, -0.1) is 0 Å². The number of nitrogens with one attached hydrogen (secondary N) is 1. The van der Waals surface area contributed by atoms with Crippen molar-refractivity contribution in [1.29, 1.82) is 0 Å². The van der Waals surface area contributed by atoms with Gasteiger partial charge in [-0.3, -0.25) is 4.79 Å². The van der Waals surface area contributed by atoms with Crippen LogP contribution in [0.2, 0.25) is 5.02 Å². The predicted molar refractivity (Wildman–Crippen MR) is 113 cm³/mol. The lowest BCUT2D eigenvalue weighted by atomic mass is 10.1. The van der Waals surface area contributed by atoms with Crippen molar-refractivity contribution in [3.63, 3.8) is 0 Å². The van der Waals surface area contributed by atoms with E-state index in [9.17, 15) is 14.3 Å². The number of halogens is 2. The van der Waals surface area contributed by atoms with Gasteiger partial charge < -0.3 is 25.8 Å². The highest BCUT2D eigenvalue weighted by molar-refractivity contribution is 6.31. The van der Waals surface area contributed by atoms with E-state index in [1.807, 2.05) is 0 Å². The molecule has 2 unspecified atom stereocenters. The van der Waals surface area contributed by atoms with E-state index >= 15 is 0 Å². The number of carbonyl (C=O) groups is 1. The zero-order valence-electron chi connectivity index (χ0n) is 17.2. The molecule has 1 amide bonds. The first-order chi connectivity index (χ1) is 14.7. The lowest BCUT2D eigenvalue weighted by Gasteiger charge is -2.21. The molecule has 4 rings (SSSR count). The molecule has 0 aliphatic carbocycles. The van der Waals surface area contributed by atoms with Crippen molar-refractivity contribution in [2.24, 2.45) is 5.73 Å². The van der Waals surface area contributed by atoms with Crippen molar-refractivity contribution in [1.82, 2.24) is 20.2 Å². The van der Waals surface area contributed by atoms with Gasteiger partial charge in [-0.2, -0.15) is 0 Å². The molecule has 1 aromatic heterocycles.